The van der Waals surface area contributed by atoms with E-state index < -0.39 is 5.82 Å². The number of fused-ring (bicyclic) bond motifs is 1. The Morgan fingerprint density at radius 1 is 1.13 bits per heavy atom. The van der Waals surface area contributed by atoms with Gasteiger partial charge in [0.25, 0.3) is 0 Å². The number of rotatable bonds is 4. The molecule has 30 heavy (non-hydrogen) atoms. The lowest BCUT2D eigenvalue weighted by Gasteiger charge is -2.53. The first-order valence-corrected chi connectivity index (χ1v) is 10.3. The van der Waals surface area contributed by atoms with Gasteiger partial charge in [-0.1, -0.05) is 11.6 Å². The molecule has 0 saturated carbocycles. The third-order valence-corrected chi connectivity index (χ3v) is 6.41. The Morgan fingerprint density at radius 3 is 2.43 bits per heavy atom. The quantitative estimate of drug-likeness (QED) is 0.714. The summed E-state index contributed by atoms with van der Waals surface area (Å²) in [5, 5.41) is 6.77. The van der Waals surface area contributed by atoms with Gasteiger partial charge in [0.1, 0.15) is 0 Å². The Hall–Kier alpha value is -2.32. The van der Waals surface area contributed by atoms with Gasteiger partial charge in [0.05, 0.1) is 16.9 Å². The van der Waals surface area contributed by atoms with Crippen LogP contribution in [-0.2, 0) is 0 Å². The maximum absolute atomic E-state index is 14.5. The number of hydrogen-bond acceptors (Lipinski definition) is 7. The van der Waals surface area contributed by atoms with Gasteiger partial charge in [-0.15, -0.1) is 0 Å². The third kappa shape index (κ3) is 3.98. The highest BCUT2D eigenvalue weighted by Gasteiger charge is 2.43. The molecule has 162 valence electrons. The molecule has 9 heteroatoms. The van der Waals surface area contributed by atoms with Crippen molar-refractivity contribution in [1.82, 2.24) is 14.9 Å². The van der Waals surface area contributed by atoms with Gasteiger partial charge in [0.15, 0.2) is 23.1 Å². The predicted molar refractivity (Wildman–Crippen MR) is 115 cm³/mol. The van der Waals surface area contributed by atoms with E-state index >= 15 is 0 Å². The molecule has 1 aromatic carbocycles. The van der Waals surface area contributed by atoms with Crippen molar-refractivity contribution in [2.24, 2.45) is 0 Å². The molecule has 1 fully saturated rings. The molecule has 2 aliphatic heterocycles. The van der Waals surface area contributed by atoms with Crippen molar-refractivity contribution in [3.63, 3.8) is 0 Å². The molecular weight excluding hydrogens is 409 g/mol. The first-order chi connectivity index (χ1) is 14.0. The highest BCUT2D eigenvalue weighted by atomic mass is 35.5. The number of halogens is 2. The van der Waals surface area contributed by atoms with Gasteiger partial charge >= 0.3 is 0 Å². The molecule has 0 spiro atoms. The van der Waals surface area contributed by atoms with Crippen LogP contribution in [0, 0.1) is 5.82 Å². The van der Waals surface area contributed by atoms with Crippen molar-refractivity contribution >= 4 is 29.1 Å². The second-order valence-corrected chi connectivity index (χ2v) is 9.54. The van der Waals surface area contributed by atoms with E-state index in [0.29, 0.717) is 22.2 Å². The van der Waals surface area contributed by atoms with Crippen LogP contribution < -0.4 is 20.1 Å². The number of nitrogens with one attached hydrogen (secondary N) is 2. The van der Waals surface area contributed by atoms with E-state index in [2.05, 4.69) is 60.2 Å². The largest absolute Gasteiger partial charge is 0.454 e. The van der Waals surface area contributed by atoms with E-state index in [1.54, 1.807) is 12.1 Å². The number of piperidine rings is 1. The Balaban J connectivity index is 1.54. The van der Waals surface area contributed by atoms with Gasteiger partial charge in [0, 0.05) is 29.3 Å². The molecule has 0 amide bonds. The summed E-state index contributed by atoms with van der Waals surface area (Å²) in [5.74, 6) is 1.09. The zero-order chi connectivity index (χ0) is 21.7. The number of anilines is 3. The van der Waals surface area contributed by atoms with E-state index in [9.17, 15) is 4.39 Å². The average molecular weight is 436 g/mol. The molecule has 0 bridgehead atoms. The number of hydrogen-bond donors (Lipinski definition) is 2. The highest BCUT2D eigenvalue weighted by Crippen LogP contribution is 2.40. The minimum Gasteiger partial charge on any atom is -0.454 e. The maximum atomic E-state index is 14.5. The fourth-order valence-electron chi connectivity index (χ4n) is 4.33. The molecule has 0 atom stereocenters. The van der Waals surface area contributed by atoms with Crippen LogP contribution in [-0.4, -0.2) is 45.8 Å². The molecule has 4 rings (SSSR count). The van der Waals surface area contributed by atoms with Gasteiger partial charge < -0.3 is 20.1 Å². The summed E-state index contributed by atoms with van der Waals surface area (Å²) in [6, 6.07) is 3.46. The van der Waals surface area contributed by atoms with Gasteiger partial charge in [0.2, 0.25) is 12.7 Å². The second-order valence-electron chi connectivity index (χ2n) is 9.13. The van der Waals surface area contributed by atoms with Crippen LogP contribution in [0.2, 0.25) is 5.02 Å². The number of likely N-dealkylation sites (tertiary alicyclic amines) is 1. The Kier molecular flexibility index (Phi) is 5.18. The van der Waals surface area contributed by atoms with E-state index in [4.69, 9.17) is 21.1 Å². The summed E-state index contributed by atoms with van der Waals surface area (Å²) < 4.78 is 25.2. The summed E-state index contributed by atoms with van der Waals surface area (Å²) in [6.45, 7) is 8.96. The van der Waals surface area contributed by atoms with Crippen LogP contribution in [0.4, 0.5) is 21.8 Å². The lowest BCUT2D eigenvalue weighted by molar-refractivity contribution is -0.00778. The normalized spacial score (nSPS) is 20.2. The summed E-state index contributed by atoms with van der Waals surface area (Å²) in [5.41, 5.74) is 0.508. The van der Waals surface area contributed by atoms with Crippen LogP contribution >= 0.6 is 11.6 Å². The standard InChI is InChI=1S/C21H27ClFN5O2/c1-20(2)8-12(9-21(3,4)28(20)5)25-18-14(23)10-24-19(27-18)26-15-7-17-16(6-13(15)22)29-11-30-17/h6-7,10,12H,8-9,11H2,1-5H3,(H2,24,25,26,27). The zero-order valence-electron chi connectivity index (χ0n) is 17.8. The molecule has 1 aromatic heterocycles. The lowest BCUT2D eigenvalue weighted by atomic mass is 9.77. The van der Waals surface area contributed by atoms with Gasteiger partial charge in [-0.2, -0.15) is 4.98 Å². The molecule has 2 aromatic rings. The fourth-order valence-corrected chi connectivity index (χ4v) is 4.53. The molecule has 0 aliphatic carbocycles. The average Bonchev–Trinajstić information content (AvgIpc) is 3.09. The minimum atomic E-state index is -0.494. The highest BCUT2D eigenvalue weighted by molar-refractivity contribution is 6.33. The molecule has 1 saturated heterocycles. The third-order valence-electron chi connectivity index (χ3n) is 6.10. The molecular formula is C21H27ClFN5O2. The Bertz CT molecular complexity index is 951. The van der Waals surface area contributed by atoms with Crippen LogP contribution in [0.25, 0.3) is 0 Å². The summed E-state index contributed by atoms with van der Waals surface area (Å²) in [7, 11) is 2.14. The smallest absolute Gasteiger partial charge is 0.231 e. The van der Waals surface area contributed by atoms with E-state index in [0.717, 1.165) is 19.0 Å². The molecule has 3 heterocycles. The Labute approximate surface area is 180 Å². The number of ether oxygens (including phenoxy) is 2. The Morgan fingerprint density at radius 2 is 1.77 bits per heavy atom. The maximum Gasteiger partial charge on any atom is 0.231 e. The van der Waals surface area contributed by atoms with E-state index in [1.807, 2.05) is 0 Å². The van der Waals surface area contributed by atoms with E-state index in [1.165, 1.54) is 0 Å². The van der Waals surface area contributed by atoms with Crippen LogP contribution in [0.15, 0.2) is 18.3 Å². The number of aromatic nitrogens is 2. The van der Waals surface area contributed by atoms with E-state index in [-0.39, 0.29) is 35.7 Å². The predicted octanol–water partition coefficient (Wildman–Crippen LogP) is 4.80. The first-order valence-electron chi connectivity index (χ1n) is 9.94. The van der Waals surface area contributed by atoms with Gasteiger partial charge in [-0.25, -0.2) is 9.37 Å². The summed E-state index contributed by atoms with van der Waals surface area (Å²) in [4.78, 5) is 10.8. The van der Waals surface area contributed by atoms with Crippen LogP contribution in [0.1, 0.15) is 40.5 Å². The fraction of sp³-hybridized carbons (Fsp3) is 0.524. The van der Waals surface area contributed by atoms with Crippen molar-refractivity contribution in [1.29, 1.82) is 0 Å². The lowest BCUT2D eigenvalue weighted by Crippen LogP contribution is -2.61. The van der Waals surface area contributed by atoms with Crippen LogP contribution in [0.5, 0.6) is 11.5 Å². The van der Waals surface area contributed by atoms with Gasteiger partial charge in [-0.05, 0) is 47.6 Å². The molecule has 0 radical (unpaired) electrons. The van der Waals surface area contributed by atoms with Crippen molar-refractivity contribution < 1.29 is 13.9 Å². The van der Waals surface area contributed by atoms with Crippen molar-refractivity contribution in [2.45, 2.75) is 57.7 Å². The molecule has 2 N–H and O–H groups in total. The molecule has 2 aliphatic rings. The van der Waals surface area contributed by atoms with Crippen molar-refractivity contribution in [3.8, 4) is 11.5 Å². The van der Waals surface area contributed by atoms with Gasteiger partial charge in [-0.3, -0.25) is 4.90 Å². The van der Waals surface area contributed by atoms with Crippen molar-refractivity contribution in [3.05, 3.63) is 29.2 Å². The molecule has 0 unspecified atom stereocenters. The minimum absolute atomic E-state index is 0.0238. The molecule has 7 nitrogen and oxygen atoms in total. The summed E-state index contributed by atoms with van der Waals surface area (Å²) >= 11 is 6.31. The summed E-state index contributed by atoms with van der Waals surface area (Å²) in [6.07, 6.45) is 2.89. The second kappa shape index (κ2) is 7.42. The van der Waals surface area contributed by atoms with Crippen LogP contribution in [0.3, 0.4) is 0 Å². The SMILES string of the molecule is CN1C(C)(C)CC(Nc2nc(Nc3cc4c(cc3Cl)OCO4)ncc2F)CC1(C)C. The number of benzene rings is 1. The monoisotopic (exact) mass is 435 g/mol. The van der Waals surface area contributed by atoms with Crippen molar-refractivity contribution in [2.75, 3.05) is 24.5 Å². The number of nitrogens with zero attached hydrogens (tertiary/aromatic N) is 3. The topological polar surface area (TPSA) is 71.5 Å². The first kappa shape index (κ1) is 20.9. The zero-order valence-corrected chi connectivity index (χ0v) is 18.6.